The fourth-order valence-electron chi connectivity index (χ4n) is 2.36. The predicted molar refractivity (Wildman–Crippen MR) is 96.7 cm³/mol. The number of anilines is 1. The van der Waals surface area contributed by atoms with Gasteiger partial charge >= 0.3 is 0 Å². The van der Waals surface area contributed by atoms with Crippen molar-refractivity contribution in [2.45, 2.75) is 13.2 Å². The van der Waals surface area contributed by atoms with E-state index in [-0.39, 0.29) is 0 Å². The average Bonchev–Trinajstić information content (AvgIpc) is 2.92. The van der Waals surface area contributed by atoms with Crippen molar-refractivity contribution in [3.63, 3.8) is 0 Å². The third-order valence-corrected chi connectivity index (χ3v) is 3.90. The van der Waals surface area contributed by atoms with Crippen LogP contribution in [0.1, 0.15) is 0 Å². The SMILES string of the molecule is C=CCn1c(-c2ccccc2)nn(CNc2ccccc2)c1=S. The zero-order valence-electron chi connectivity index (χ0n) is 12.7. The van der Waals surface area contributed by atoms with Crippen LogP contribution in [-0.2, 0) is 13.2 Å². The lowest BCUT2D eigenvalue weighted by Crippen LogP contribution is -2.10. The van der Waals surface area contributed by atoms with Gasteiger partial charge in [0.25, 0.3) is 0 Å². The minimum absolute atomic E-state index is 0.521. The maximum Gasteiger partial charge on any atom is 0.200 e. The third kappa shape index (κ3) is 3.40. The molecule has 0 saturated carbocycles. The average molecular weight is 322 g/mol. The molecule has 3 rings (SSSR count). The van der Waals surface area contributed by atoms with Gasteiger partial charge in [-0.1, -0.05) is 54.6 Å². The number of rotatable bonds is 6. The molecule has 0 aliphatic rings. The van der Waals surface area contributed by atoms with E-state index in [4.69, 9.17) is 12.2 Å². The lowest BCUT2D eigenvalue weighted by molar-refractivity contribution is 0.647. The summed E-state index contributed by atoms with van der Waals surface area (Å²) in [4.78, 5) is 0. The van der Waals surface area contributed by atoms with Crippen molar-refractivity contribution in [3.05, 3.63) is 78.1 Å². The molecule has 4 nitrogen and oxygen atoms in total. The van der Waals surface area contributed by atoms with Gasteiger partial charge in [0, 0.05) is 17.8 Å². The highest BCUT2D eigenvalue weighted by molar-refractivity contribution is 7.71. The Labute approximate surface area is 140 Å². The van der Waals surface area contributed by atoms with Crippen molar-refractivity contribution in [2.75, 3.05) is 5.32 Å². The minimum atomic E-state index is 0.521. The Hall–Kier alpha value is -2.66. The molecular formula is C18H18N4S. The van der Waals surface area contributed by atoms with Crippen LogP contribution in [0.4, 0.5) is 5.69 Å². The molecule has 1 heterocycles. The van der Waals surface area contributed by atoms with Crippen LogP contribution < -0.4 is 5.32 Å². The number of para-hydroxylation sites is 1. The van der Waals surface area contributed by atoms with Crippen molar-refractivity contribution in [2.24, 2.45) is 0 Å². The Kier molecular flexibility index (Phi) is 4.68. The molecule has 0 radical (unpaired) electrons. The molecule has 5 heteroatoms. The van der Waals surface area contributed by atoms with Gasteiger partial charge in [-0.2, -0.15) is 0 Å². The molecule has 0 unspecified atom stereocenters. The van der Waals surface area contributed by atoms with Crippen LogP contribution >= 0.6 is 12.2 Å². The summed E-state index contributed by atoms with van der Waals surface area (Å²) in [6, 6.07) is 20.1. The number of allylic oxidation sites excluding steroid dienone is 1. The van der Waals surface area contributed by atoms with Gasteiger partial charge in [0.05, 0.1) is 0 Å². The molecule has 0 fully saturated rings. The summed E-state index contributed by atoms with van der Waals surface area (Å²) < 4.78 is 4.46. The highest BCUT2D eigenvalue weighted by Gasteiger charge is 2.11. The molecular weight excluding hydrogens is 304 g/mol. The number of aromatic nitrogens is 3. The zero-order chi connectivity index (χ0) is 16.1. The lowest BCUT2D eigenvalue weighted by Gasteiger charge is -2.05. The van der Waals surface area contributed by atoms with Crippen molar-refractivity contribution in [1.29, 1.82) is 0 Å². The van der Waals surface area contributed by atoms with Gasteiger partial charge in [0.15, 0.2) is 10.6 Å². The van der Waals surface area contributed by atoms with E-state index in [1.54, 1.807) is 4.68 Å². The number of benzene rings is 2. The highest BCUT2D eigenvalue weighted by Crippen LogP contribution is 2.18. The number of nitrogens with one attached hydrogen (secondary N) is 1. The fraction of sp³-hybridized carbons (Fsp3) is 0.111. The third-order valence-electron chi connectivity index (χ3n) is 3.47. The lowest BCUT2D eigenvalue weighted by atomic mass is 10.2. The van der Waals surface area contributed by atoms with E-state index in [9.17, 15) is 0 Å². The molecule has 0 amide bonds. The quantitative estimate of drug-likeness (QED) is 0.542. The molecule has 116 valence electrons. The molecule has 0 aliphatic heterocycles. The zero-order valence-corrected chi connectivity index (χ0v) is 13.5. The van der Waals surface area contributed by atoms with Crippen LogP contribution in [0.15, 0.2) is 73.3 Å². The molecule has 1 N–H and O–H groups in total. The smallest absolute Gasteiger partial charge is 0.200 e. The topological polar surface area (TPSA) is 34.8 Å². The molecule has 0 atom stereocenters. The van der Waals surface area contributed by atoms with E-state index in [0.717, 1.165) is 17.1 Å². The van der Waals surface area contributed by atoms with Crippen LogP contribution in [0.5, 0.6) is 0 Å². The maximum atomic E-state index is 5.57. The molecule has 0 spiro atoms. The normalized spacial score (nSPS) is 10.4. The Bertz CT molecular complexity index is 834. The van der Waals surface area contributed by atoms with Crippen LogP contribution in [0.3, 0.4) is 0 Å². The molecule has 1 aromatic heterocycles. The van der Waals surface area contributed by atoms with Crippen molar-refractivity contribution < 1.29 is 0 Å². The standard InChI is InChI=1S/C18H18N4S/c1-2-13-21-17(15-9-5-3-6-10-15)20-22(18(21)23)14-19-16-11-7-4-8-12-16/h2-12,19H,1,13-14H2. The number of hydrogen-bond acceptors (Lipinski definition) is 3. The first-order chi connectivity index (χ1) is 11.3. The summed E-state index contributed by atoms with van der Waals surface area (Å²) in [5.41, 5.74) is 2.08. The Morgan fingerprint density at radius 3 is 2.35 bits per heavy atom. The molecule has 0 saturated heterocycles. The highest BCUT2D eigenvalue weighted by atomic mass is 32.1. The Morgan fingerprint density at radius 1 is 1.04 bits per heavy atom. The first-order valence-corrected chi connectivity index (χ1v) is 7.83. The Morgan fingerprint density at radius 2 is 1.70 bits per heavy atom. The first-order valence-electron chi connectivity index (χ1n) is 7.42. The van der Waals surface area contributed by atoms with E-state index >= 15 is 0 Å². The summed E-state index contributed by atoms with van der Waals surface area (Å²) in [6.07, 6.45) is 1.83. The Balaban J connectivity index is 1.92. The van der Waals surface area contributed by atoms with Gasteiger partial charge in [-0.3, -0.25) is 4.57 Å². The van der Waals surface area contributed by atoms with Crippen molar-refractivity contribution in [1.82, 2.24) is 14.3 Å². The largest absolute Gasteiger partial charge is 0.366 e. The summed E-state index contributed by atoms with van der Waals surface area (Å²) in [6.45, 7) is 4.97. The van der Waals surface area contributed by atoms with Crippen LogP contribution in [-0.4, -0.2) is 14.3 Å². The maximum absolute atomic E-state index is 5.57. The molecule has 2 aromatic carbocycles. The molecule has 0 aliphatic carbocycles. The van der Waals surface area contributed by atoms with Crippen LogP contribution in [0.25, 0.3) is 11.4 Å². The van der Waals surface area contributed by atoms with E-state index in [2.05, 4.69) is 17.0 Å². The second kappa shape index (κ2) is 7.07. The van der Waals surface area contributed by atoms with E-state index in [1.807, 2.05) is 71.3 Å². The van der Waals surface area contributed by atoms with Crippen LogP contribution in [0, 0.1) is 4.77 Å². The van der Waals surface area contributed by atoms with Gasteiger partial charge in [-0.25, -0.2) is 4.68 Å². The summed E-state index contributed by atoms with van der Waals surface area (Å²) in [5.74, 6) is 0.852. The molecule has 0 bridgehead atoms. The van der Waals surface area contributed by atoms with Crippen molar-refractivity contribution >= 4 is 17.9 Å². The van der Waals surface area contributed by atoms with Crippen molar-refractivity contribution in [3.8, 4) is 11.4 Å². The van der Waals surface area contributed by atoms with E-state index < -0.39 is 0 Å². The predicted octanol–water partition coefficient (Wildman–Crippen LogP) is 4.34. The first kappa shape index (κ1) is 15.2. The van der Waals surface area contributed by atoms with Gasteiger partial charge in [-0.05, 0) is 24.4 Å². The van der Waals surface area contributed by atoms with Gasteiger partial charge in [0.1, 0.15) is 6.67 Å². The molecule has 23 heavy (non-hydrogen) atoms. The van der Waals surface area contributed by atoms with Gasteiger partial charge in [-0.15, -0.1) is 11.7 Å². The second-order valence-electron chi connectivity index (χ2n) is 5.07. The summed E-state index contributed by atoms with van der Waals surface area (Å²) >= 11 is 5.57. The minimum Gasteiger partial charge on any atom is -0.366 e. The molecule has 3 aromatic rings. The van der Waals surface area contributed by atoms with Gasteiger partial charge in [0.2, 0.25) is 0 Å². The monoisotopic (exact) mass is 322 g/mol. The van der Waals surface area contributed by atoms with Gasteiger partial charge < -0.3 is 5.32 Å². The summed E-state index contributed by atoms with van der Waals surface area (Å²) in [7, 11) is 0. The van der Waals surface area contributed by atoms with E-state index in [0.29, 0.717) is 18.0 Å². The van der Waals surface area contributed by atoms with E-state index in [1.165, 1.54) is 0 Å². The van der Waals surface area contributed by atoms with Crippen LogP contribution in [0.2, 0.25) is 0 Å². The number of hydrogen-bond donors (Lipinski definition) is 1. The summed E-state index contributed by atoms with van der Waals surface area (Å²) in [5, 5.41) is 8.01. The second-order valence-corrected chi connectivity index (χ2v) is 5.44. The number of nitrogens with zero attached hydrogens (tertiary/aromatic N) is 3. The fourth-order valence-corrected chi connectivity index (χ4v) is 2.63.